The third kappa shape index (κ3) is 2.36. The van der Waals surface area contributed by atoms with Crippen LogP contribution in [0.15, 0.2) is 64.3 Å². The highest BCUT2D eigenvalue weighted by atomic mass is 16.5. The topological polar surface area (TPSA) is 57.3 Å². The molecule has 114 valence electrons. The Hall–Kier alpha value is -3.08. The largest absolute Gasteiger partial charge is 0.497 e. The molecule has 0 saturated carbocycles. The lowest BCUT2D eigenvalue weighted by Crippen LogP contribution is -2.03. The van der Waals surface area contributed by atoms with Crippen LogP contribution in [0, 0.1) is 0 Å². The lowest BCUT2D eigenvalue weighted by molar-refractivity contribution is 0.414. The first-order chi connectivity index (χ1) is 11.2. The first-order valence-corrected chi connectivity index (χ1v) is 7.24. The second-order valence-corrected chi connectivity index (χ2v) is 5.36. The number of rotatable bonds is 3. The normalized spacial score (nSPS) is 11.2. The summed E-state index contributed by atoms with van der Waals surface area (Å²) in [5.41, 5.74) is 2.12. The fraction of sp³-hybridized carbons (Fsp3) is 0.111. The van der Waals surface area contributed by atoms with Crippen molar-refractivity contribution in [1.29, 1.82) is 0 Å². The molecule has 0 radical (unpaired) electrons. The summed E-state index contributed by atoms with van der Waals surface area (Å²) < 4.78 is 13.1. The Kier molecular flexibility index (Phi) is 3.12. The fourth-order valence-electron chi connectivity index (χ4n) is 2.69. The lowest BCUT2D eigenvalue weighted by atomic mass is 10.1. The van der Waals surface area contributed by atoms with E-state index in [9.17, 15) is 4.79 Å². The number of hydrogen-bond acceptors (Lipinski definition) is 4. The molecule has 4 rings (SSSR count). The molecule has 0 aliphatic rings. The zero-order chi connectivity index (χ0) is 15.8. The number of nitrogens with zero attached hydrogens (tertiary/aromatic N) is 2. The maximum absolute atomic E-state index is 12.6. The number of imidazole rings is 1. The SMILES string of the molecule is COc1ccc2c(=O)c3ccc(Cn4ccnc4)cc3oc2c1. The van der Waals surface area contributed by atoms with Crippen molar-refractivity contribution in [1.82, 2.24) is 9.55 Å². The minimum atomic E-state index is -0.0296. The van der Waals surface area contributed by atoms with E-state index in [1.165, 1.54) is 0 Å². The van der Waals surface area contributed by atoms with E-state index in [1.54, 1.807) is 37.8 Å². The molecule has 0 saturated heterocycles. The number of fused-ring (bicyclic) bond motifs is 2. The Balaban J connectivity index is 1.89. The highest BCUT2D eigenvalue weighted by Gasteiger charge is 2.09. The second kappa shape index (κ2) is 5.28. The highest BCUT2D eigenvalue weighted by Crippen LogP contribution is 2.23. The van der Waals surface area contributed by atoms with Crippen LogP contribution in [0.25, 0.3) is 21.9 Å². The Labute approximate surface area is 131 Å². The van der Waals surface area contributed by atoms with Gasteiger partial charge in [0.05, 0.1) is 24.2 Å². The van der Waals surface area contributed by atoms with Crippen LogP contribution in [-0.4, -0.2) is 16.7 Å². The summed E-state index contributed by atoms with van der Waals surface area (Å²) in [6.45, 7) is 0.676. The standard InChI is InChI=1S/C18H14N2O3/c1-22-13-3-5-15-17(9-13)23-16-8-12(2-4-14(16)18(15)21)10-20-7-6-19-11-20/h2-9,11H,10H2,1H3. The molecule has 23 heavy (non-hydrogen) atoms. The van der Waals surface area contributed by atoms with Crippen LogP contribution in [0.5, 0.6) is 5.75 Å². The molecule has 0 N–H and O–H groups in total. The van der Waals surface area contributed by atoms with Gasteiger partial charge in [-0.3, -0.25) is 4.79 Å². The Morgan fingerprint density at radius 1 is 1.13 bits per heavy atom. The van der Waals surface area contributed by atoms with E-state index in [-0.39, 0.29) is 5.43 Å². The Morgan fingerprint density at radius 2 is 1.91 bits per heavy atom. The van der Waals surface area contributed by atoms with Gasteiger partial charge in [-0.2, -0.15) is 0 Å². The van der Waals surface area contributed by atoms with Gasteiger partial charge < -0.3 is 13.7 Å². The molecular formula is C18H14N2O3. The highest BCUT2D eigenvalue weighted by molar-refractivity contribution is 5.90. The smallest absolute Gasteiger partial charge is 0.200 e. The third-order valence-corrected chi connectivity index (χ3v) is 3.87. The summed E-state index contributed by atoms with van der Waals surface area (Å²) in [6, 6.07) is 10.9. The first kappa shape index (κ1) is 13.6. The number of ether oxygens (including phenoxy) is 1. The molecule has 0 bridgehead atoms. The summed E-state index contributed by atoms with van der Waals surface area (Å²) in [4.78, 5) is 16.6. The van der Waals surface area contributed by atoms with Gasteiger partial charge in [-0.1, -0.05) is 6.07 Å². The van der Waals surface area contributed by atoms with Crippen LogP contribution in [-0.2, 0) is 6.54 Å². The maximum atomic E-state index is 12.6. The van der Waals surface area contributed by atoms with Gasteiger partial charge in [0.25, 0.3) is 0 Å². The van der Waals surface area contributed by atoms with E-state index in [1.807, 2.05) is 29.0 Å². The molecular weight excluding hydrogens is 292 g/mol. The van der Waals surface area contributed by atoms with Crippen LogP contribution in [0.4, 0.5) is 0 Å². The number of methoxy groups -OCH3 is 1. The molecule has 0 amide bonds. The van der Waals surface area contributed by atoms with Gasteiger partial charge in [0, 0.05) is 25.0 Å². The van der Waals surface area contributed by atoms with Crippen molar-refractivity contribution >= 4 is 21.9 Å². The molecule has 5 heteroatoms. The van der Waals surface area contributed by atoms with Crippen LogP contribution in [0.3, 0.4) is 0 Å². The van der Waals surface area contributed by atoms with Crippen molar-refractivity contribution in [2.45, 2.75) is 6.54 Å². The van der Waals surface area contributed by atoms with Crippen molar-refractivity contribution in [3.63, 3.8) is 0 Å². The van der Waals surface area contributed by atoms with E-state index in [4.69, 9.17) is 9.15 Å². The van der Waals surface area contributed by atoms with Crippen LogP contribution in [0.2, 0.25) is 0 Å². The summed E-state index contributed by atoms with van der Waals surface area (Å²) in [5.74, 6) is 0.662. The molecule has 2 heterocycles. The van der Waals surface area contributed by atoms with Gasteiger partial charge in [-0.25, -0.2) is 4.98 Å². The van der Waals surface area contributed by atoms with Crippen molar-refractivity contribution in [2.24, 2.45) is 0 Å². The van der Waals surface area contributed by atoms with E-state index in [0.717, 1.165) is 5.56 Å². The average molecular weight is 306 g/mol. The number of benzene rings is 2. The molecule has 0 aliphatic carbocycles. The predicted octanol–water partition coefficient (Wildman–Crippen LogP) is 3.20. The summed E-state index contributed by atoms with van der Waals surface area (Å²) in [7, 11) is 1.59. The van der Waals surface area contributed by atoms with E-state index in [2.05, 4.69) is 4.98 Å². The van der Waals surface area contributed by atoms with Gasteiger partial charge in [-0.15, -0.1) is 0 Å². The summed E-state index contributed by atoms with van der Waals surface area (Å²) in [5, 5.41) is 1.14. The van der Waals surface area contributed by atoms with Gasteiger partial charge in [0.1, 0.15) is 16.9 Å². The molecule has 0 spiro atoms. The first-order valence-electron chi connectivity index (χ1n) is 7.24. The van der Waals surface area contributed by atoms with Crippen LogP contribution in [0.1, 0.15) is 5.56 Å². The van der Waals surface area contributed by atoms with Crippen molar-refractivity contribution < 1.29 is 9.15 Å². The molecule has 0 unspecified atom stereocenters. The predicted molar refractivity (Wildman–Crippen MR) is 87.9 cm³/mol. The number of hydrogen-bond donors (Lipinski definition) is 0. The molecule has 0 aliphatic heterocycles. The van der Waals surface area contributed by atoms with Crippen molar-refractivity contribution in [3.8, 4) is 5.75 Å². The van der Waals surface area contributed by atoms with Gasteiger partial charge in [0.2, 0.25) is 5.43 Å². The van der Waals surface area contributed by atoms with Gasteiger partial charge in [0.15, 0.2) is 0 Å². The number of aromatic nitrogens is 2. The van der Waals surface area contributed by atoms with E-state index >= 15 is 0 Å². The molecule has 5 nitrogen and oxygen atoms in total. The summed E-state index contributed by atoms with van der Waals surface area (Å²) in [6.07, 6.45) is 5.39. The van der Waals surface area contributed by atoms with Gasteiger partial charge in [-0.05, 0) is 29.8 Å². The minimum absolute atomic E-state index is 0.0296. The Morgan fingerprint density at radius 3 is 2.65 bits per heavy atom. The van der Waals surface area contributed by atoms with Crippen LogP contribution < -0.4 is 10.2 Å². The van der Waals surface area contributed by atoms with E-state index < -0.39 is 0 Å². The molecule has 0 atom stereocenters. The molecule has 4 aromatic rings. The molecule has 0 fully saturated rings. The van der Waals surface area contributed by atoms with Crippen molar-refractivity contribution in [2.75, 3.05) is 7.11 Å². The maximum Gasteiger partial charge on any atom is 0.200 e. The average Bonchev–Trinajstić information content (AvgIpc) is 3.07. The quantitative estimate of drug-likeness (QED) is 0.545. The molecule has 2 aromatic heterocycles. The second-order valence-electron chi connectivity index (χ2n) is 5.36. The lowest BCUT2D eigenvalue weighted by Gasteiger charge is -2.06. The third-order valence-electron chi connectivity index (χ3n) is 3.87. The minimum Gasteiger partial charge on any atom is -0.497 e. The molecule has 2 aromatic carbocycles. The van der Waals surface area contributed by atoms with Gasteiger partial charge >= 0.3 is 0 Å². The van der Waals surface area contributed by atoms with Crippen LogP contribution >= 0.6 is 0 Å². The Bertz CT molecular complexity index is 1050. The monoisotopic (exact) mass is 306 g/mol. The zero-order valence-corrected chi connectivity index (χ0v) is 12.5. The van der Waals surface area contributed by atoms with E-state index in [0.29, 0.717) is 34.2 Å². The fourth-order valence-corrected chi connectivity index (χ4v) is 2.69. The zero-order valence-electron chi connectivity index (χ0n) is 12.5. The van der Waals surface area contributed by atoms with Crippen molar-refractivity contribution in [3.05, 3.63) is 70.9 Å². The summed E-state index contributed by atoms with van der Waals surface area (Å²) >= 11 is 0.